The number of hydrogen-bond acceptors (Lipinski definition) is 5. The highest BCUT2D eigenvalue weighted by Gasteiger charge is 2.24. The van der Waals surface area contributed by atoms with Crippen molar-refractivity contribution in [3.63, 3.8) is 0 Å². The molecule has 2 aromatic heterocycles. The van der Waals surface area contributed by atoms with Gasteiger partial charge in [0.15, 0.2) is 6.04 Å². The van der Waals surface area contributed by atoms with Gasteiger partial charge in [0.1, 0.15) is 17.3 Å². The van der Waals surface area contributed by atoms with Crippen molar-refractivity contribution in [3.05, 3.63) is 77.6 Å². The zero-order chi connectivity index (χ0) is 19.2. The van der Waals surface area contributed by atoms with E-state index in [2.05, 4.69) is 19.2 Å². The van der Waals surface area contributed by atoms with Crippen LogP contribution in [-0.2, 0) is 16.3 Å². The highest BCUT2D eigenvalue weighted by Crippen LogP contribution is 2.29. The van der Waals surface area contributed by atoms with Crippen LogP contribution >= 0.6 is 11.8 Å². The molecule has 6 heteroatoms. The van der Waals surface area contributed by atoms with Gasteiger partial charge in [-0.2, -0.15) is 0 Å². The fourth-order valence-corrected chi connectivity index (χ4v) is 3.64. The van der Waals surface area contributed by atoms with Crippen LogP contribution in [0.25, 0.3) is 0 Å². The molecular formula is C21H23NO4S. The van der Waals surface area contributed by atoms with Crippen LogP contribution in [-0.4, -0.2) is 11.1 Å². The fraction of sp³-hybridized carbons (Fsp3) is 0.286. The van der Waals surface area contributed by atoms with Gasteiger partial charge in [0.05, 0.1) is 17.8 Å². The Balaban J connectivity index is 1.69. The van der Waals surface area contributed by atoms with Crippen molar-refractivity contribution in [2.75, 3.05) is 5.32 Å². The predicted octanol–water partition coefficient (Wildman–Crippen LogP) is 5.67. The zero-order valence-corrected chi connectivity index (χ0v) is 16.2. The maximum Gasteiger partial charge on any atom is 0.334 e. The Kier molecular flexibility index (Phi) is 6.29. The molecule has 5 nitrogen and oxygen atoms in total. The topological polar surface area (TPSA) is 75.6 Å². The number of anilines is 1. The molecule has 142 valence electrons. The summed E-state index contributed by atoms with van der Waals surface area (Å²) in [6, 6.07) is 14.2. The molecule has 0 spiro atoms. The molecule has 0 radical (unpaired) electrons. The molecule has 1 unspecified atom stereocenters. The highest BCUT2D eigenvalue weighted by atomic mass is 32.2. The van der Waals surface area contributed by atoms with Crippen LogP contribution in [0.2, 0.25) is 0 Å². The monoisotopic (exact) mass is 385 g/mol. The molecule has 0 bridgehead atoms. The van der Waals surface area contributed by atoms with E-state index >= 15 is 0 Å². The van der Waals surface area contributed by atoms with Crippen molar-refractivity contribution in [1.82, 2.24) is 0 Å². The standard InChI is InChI=1S/C21H23NO4S/c1-14(2)17-7-3-4-8-18(17)22-20(21(23)24)19-10-9-16(26-19)13-27-12-15-6-5-11-25-15/h3-11,14,20,22H,12-13H2,1-2H3,(H,23,24). The van der Waals surface area contributed by atoms with Crippen molar-refractivity contribution >= 4 is 23.4 Å². The number of furan rings is 2. The third-order valence-corrected chi connectivity index (χ3v) is 5.14. The lowest BCUT2D eigenvalue weighted by Gasteiger charge is -2.18. The van der Waals surface area contributed by atoms with E-state index in [1.165, 1.54) is 0 Å². The first-order valence-corrected chi connectivity index (χ1v) is 9.97. The Labute approximate surface area is 162 Å². The van der Waals surface area contributed by atoms with Crippen LogP contribution in [0.4, 0.5) is 5.69 Å². The lowest BCUT2D eigenvalue weighted by atomic mass is 10.0. The number of hydrogen-bond donors (Lipinski definition) is 2. The highest BCUT2D eigenvalue weighted by molar-refractivity contribution is 7.97. The number of carboxylic acid groups (broad SMARTS) is 1. The van der Waals surface area contributed by atoms with E-state index in [0.29, 0.717) is 11.5 Å². The molecule has 0 fully saturated rings. The van der Waals surface area contributed by atoms with E-state index in [0.717, 1.165) is 28.5 Å². The number of rotatable bonds is 9. The third kappa shape index (κ3) is 4.98. The van der Waals surface area contributed by atoms with Gasteiger partial charge in [-0.3, -0.25) is 0 Å². The fourth-order valence-electron chi connectivity index (χ4n) is 2.82. The van der Waals surface area contributed by atoms with Crippen molar-refractivity contribution in [3.8, 4) is 0 Å². The summed E-state index contributed by atoms with van der Waals surface area (Å²) in [5.74, 6) is 2.75. The Hall–Kier alpha value is -2.60. The second-order valence-corrected chi connectivity index (χ2v) is 7.52. The van der Waals surface area contributed by atoms with E-state index in [1.807, 2.05) is 42.5 Å². The molecule has 1 atom stereocenters. The first-order chi connectivity index (χ1) is 13.0. The van der Waals surface area contributed by atoms with Crippen molar-refractivity contribution in [2.45, 2.75) is 37.3 Å². The van der Waals surface area contributed by atoms with Crippen LogP contribution in [0.15, 0.2) is 63.6 Å². The quantitative estimate of drug-likeness (QED) is 0.494. The second kappa shape index (κ2) is 8.86. The van der Waals surface area contributed by atoms with Crippen LogP contribution in [0.5, 0.6) is 0 Å². The van der Waals surface area contributed by atoms with Gasteiger partial charge >= 0.3 is 5.97 Å². The summed E-state index contributed by atoms with van der Waals surface area (Å²) in [6.45, 7) is 4.16. The molecule has 0 saturated heterocycles. The summed E-state index contributed by atoms with van der Waals surface area (Å²) in [7, 11) is 0. The minimum Gasteiger partial charge on any atom is -0.479 e. The molecule has 0 aliphatic carbocycles. The average molecular weight is 385 g/mol. The van der Waals surface area contributed by atoms with Gasteiger partial charge in [-0.15, -0.1) is 11.8 Å². The molecule has 1 aromatic carbocycles. The minimum absolute atomic E-state index is 0.285. The van der Waals surface area contributed by atoms with Gasteiger partial charge in [0.2, 0.25) is 0 Å². The van der Waals surface area contributed by atoms with Crippen molar-refractivity contribution < 1.29 is 18.7 Å². The zero-order valence-electron chi connectivity index (χ0n) is 15.3. The summed E-state index contributed by atoms with van der Waals surface area (Å²) < 4.78 is 11.1. The summed E-state index contributed by atoms with van der Waals surface area (Å²) in [4.78, 5) is 11.8. The van der Waals surface area contributed by atoms with Gasteiger partial charge in [-0.25, -0.2) is 4.79 Å². The molecule has 27 heavy (non-hydrogen) atoms. The van der Waals surface area contributed by atoms with E-state index in [-0.39, 0.29) is 5.92 Å². The normalized spacial score (nSPS) is 12.3. The number of benzene rings is 1. The average Bonchev–Trinajstić information content (AvgIpc) is 3.32. The second-order valence-electron chi connectivity index (χ2n) is 6.53. The van der Waals surface area contributed by atoms with Crippen molar-refractivity contribution in [1.29, 1.82) is 0 Å². The van der Waals surface area contributed by atoms with Gasteiger partial charge in [0.25, 0.3) is 0 Å². The van der Waals surface area contributed by atoms with Crippen LogP contribution in [0.3, 0.4) is 0 Å². The maximum atomic E-state index is 11.8. The molecular weight excluding hydrogens is 362 g/mol. The summed E-state index contributed by atoms with van der Waals surface area (Å²) >= 11 is 1.65. The largest absolute Gasteiger partial charge is 0.479 e. The number of carboxylic acids is 1. The molecule has 3 aromatic rings. The Morgan fingerprint density at radius 1 is 1.07 bits per heavy atom. The van der Waals surface area contributed by atoms with E-state index in [4.69, 9.17) is 8.83 Å². The Bertz CT molecular complexity index is 870. The first kappa shape index (κ1) is 19.2. The van der Waals surface area contributed by atoms with Crippen LogP contribution in [0.1, 0.15) is 48.7 Å². The summed E-state index contributed by atoms with van der Waals surface area (Å²) in [5, 5.41) is 12.8. The molecule has 2 heterocycles. The Morgan fingerprint density at radius 2 is 1.85 bits per heavy atom. The van der Waals surface area contributed by atoms with Crippen LogP contribution in [0, 0.1) is 0 Å². The number of aliphatic carboxylic acids is 1. The number of nitrogens with one attached hydrogen (secondary N) is 1. The minimum atomic E-state index is -0.974. The molecule has 0 saturated carbocycles. The molecule has 0 amide bonds. The SMILES string of the molecule is CC(C)c1ccccc1NC(C(=O)O)c1ccc(CSCc2ccco2)o1. The maximum absolute atomic E-state index is 11.8. The third-order valence-electron chi connectivity index (χ3n) is 4.17. The van der Waals surface area contributed by atoms with Gasteiger partial charge in [-0.05, 0) is 41.8 Å². The lowest BCUT2D eigenvalue weighted by Crippen LogP contribution is -2.20. The molecule has 2 N–H and O–H groups in total. The number of carbonyl (C=O) groups is 1. The van der Waals surface area contributed by atoms with E-state index in [9.17, 15) is 9.90 Å². The molecule has 0 aliphatic rings. The van der Waals surface area contributed by atoms with Crippen LogP contribution < -0.4 is 5.32 Å². The Morgan fingerprint density at radius 3 is 2.56 bits per heavy atom. The van der Waals surface area contributed by atoms with E-state index < -0.39 is 12.0 Å². The van der Waals surface area contributed by atoms with Gasteiger partial charge < -0.3 is 19.3 Å². The molecule has 3 rings (SSSR count). The molecule has 0 aliphatic heterocycles. The van der Waals surface area contributed by atoms with Crippen molar-refractivity contribution in [2.24, 2.45) is 0 Å². The summed E-state index contributed by atoms with van der Waals surface area (Å²) in [5.41, 5.74) is 1.88. The van der Waals surface area contributed by atoms with Gasteiger partial charge in [0, 0.05) is 5.69 Å². The number of thioether (sulfide) groups is 1. The predicted molar refractivity (Wildman–Crippen MR) is 107 cm³/mol. The number of para-hydroxylation sites is 1. The van der Waals surface area contributed by atoms with Gasteiger partial charge in [-0.1, -0.05) is 32.0 Å². The van der Waals surface area contributed by atoms with E-state index in [1.54, 1.807) is 24.1 Å². The lowest BCUT2D eigenvalue weighted by molar-refractivity contribution is -0.138. The smallest absolute Gasteiger partial charge is 0.334 e. The summed E-state index contributed by atoms with van der Waals surface area (Å²) in [6.07, 6.45) is 1.65. The first-order valence-electron chi connectivity index (χ1n) is 8.81.